The van der Waals surface area contributed by atoms with E-state index in [4.69, 9.17) is 21.8 Å². The van der Waals surface area contributed by atoms with Gasteiger partial charge < -0.3 is 15.5 Å². The van der Waals surface area contributed by atoms with Gasteiger partial charge in [-0.3, -0.25) is 4.79 Å². The van der Waals surface area contributed by atoms with E-state index in [-0.39, 0.29) is 0 Å². The number of anilines is 1. The van der Waals surface area contributed by atoms with E-state index in [1.54, 1.807) is 17.7 Å². The van der Waals surface area contributed by atoms with Crippen molar-refractivity contribution >= 4 is 23.5 Å². The molecule has 8 heteroatoms. The lowest BCUT2D eigenvalue weighted by Gasteiger charge is -2.25. The summed E-state index contributed by atoms with van der Waals surface area (Å²) in [5.74, 6) is 1.68. The third-order valence-corrected chi connectivity index (χ3v) is 4.59. The molecule has 0 aliphatic carbocycles. The minimum atomic E-state index is -0.596. The van der Waals surface area contributed by atoms with Gasteiger partial charge in [-0.15, -0.1) is 5.10 Å². The van der Waals surface area contributed by atoms with Crippen molar-refractivity contribution < 1.29 is 9.21 Å². The van der Waals surface area contributed by atoms with Crippen molar-refractivity contribution in [3.63, 3.8) is 0 Å². The molecular weight excluding hydrogens is 354 g/mol. The number of fused-ring (bicyclic) bond motifs is 1. The molecule has 3 aromatic rings. The van der Waals surface area contributed by atoms with Gasteiger partial charge in [0.25, 0.3) is 0 Å². The molecule has 0 saturated heterocycles. The van der Waals surface area contributed by atoms with Gasteiger partial charge in [0.15, 0.2) is 5.82 Å². The molecule has 4 rings (SSSR count). The molecule has 26 heavy (non-hydrogen) atoms. The van der Waals surface area contributed by atoms with Crippen LogP contribution in [-0.4, -0.2) is 20.7 Å². The van der Waals surface area contributed by atoms with Crippen molar-refractivity contribution in [1.82, 2.24) is 14.8 Å². The van der Waals surface area contributed by atoms with Crippen LogP contribution in [-0.2, 0) is 4.79 Å². The number of aromatic nitrogens is 3. The number of hydrogen-bond donors (Lipinski definition) is 2. The Bertz CT molecular complexity index is 1050. The average Bonchev–Trinajstić information content (AvgIpc) is 3.19. The molecular formula is C18H16ClN5O2. The lowest BCUT2D eigenvalue weighted by molar-refractivity contribution is -0.115. The molecule has 1 aromatic carbocycles. The first-order valence-electron chi connectivity index (χ1n) is 8.01. The van der Waals surface area contributed by atoms with Crippen molar-refractivity contribution in [1.29, 1.82) is 0 Å². The van der Waals surface area contributed by atoms with E-state index in [1.165, 1.54) is 0 Å². The van der Waals surface area contributed by atoms with Gasteiger partial charge in [0, 0.05) is 11.3 Å². The van der Waals surface area contributed by atoms with E-state index in [9.17, 15) is 4.79 Å². The van der Waals surface area contributed by atoms with E-state index in [0.717, 1.165) is 5.76 Å². The molecule has 1 aliphatic rings. The van der Waals surface area contributed by atoms with Gasteiger partial charge in [0.05, 0.1) is 10.6 Å². The Balaban J connectivity index is 1.90. The summed E-state index contributed by atoms with van der Waals surface area (Å²) in [6, 6.07) is 10.4. The summed E-state index contributed by atoms with van der Waals surface area (Å²) in [6.45, 7) is 3.61. The normalized spacial score (nSPS) is 16.3. The summed E-state index contributed by atoms with van der Waals surface area (Å²) in [7, 11) is 0. The molecule has 7 nitrogen and oxygen atoms in total. The van der Waals surface area contributed by atoms with Crippen LogP contribution in [0.2, 0.25) is 5.02 Å². The fourth-order valence-corrected chi connectivity index (χ4v) is 3.31. The van der Waals surface area contributed by atoms with Crippen LogP contribution < -0.4 is 11.1 Å². The predicted molar refractivity (Wildman–Crippen MR) is 97.6 cm³/mol. The average molecular weight is 370 g/mol. The van der Waals surface area contributed by atoms with E-state index < -0.39 is 11.9 Å². The van der Waals surface area contributed by atoms with Crippen LogP contribution in [0, 0.1) is 6.92 Å². The molecule has 1 atom stereocenters. The Kier molecular flexibility index (Phi) is 3.81. The number of primary amides is 1. The van der Waals surface area contributed by atoms with Gasteiger partial charge in [-0.25, -0.2) is 4.68 Å². The lowest BCUT2D eigenvalue weighted by Crippen LogP contribution is -2.31. The number of rotatable bonds is 3. The minimum absolute atomic E-state index is 0.377. The Morgan fingerprint density at radius 2 is 2.04 bits per heavy atom. The first kappa shape index (κ1) is 16.4. The Morgan fingerprint density at radius 1 is 1.27 bits per heavy atom. The van der Waals surface area contributed by atoms with Crippen molar-refractivity contribution in [3.8, 4) is 11.4 Å². The molecule has 0 bridgehead atoms. The fraction of sp³-hybridized carbons (Fsp3) is 0.167. The first-order chi connectivity index (χ1) is 12.5. The van der Waals surface area contributed by atoms with Gasteiger partial charge in [-0.1, -0.05) is 23.7 Å². The maximum Gasteiger partial charge on any atom is 0.249 e. The number of amides is 1. The predicted octanol–water partition coefficient (Wildman–Crippen LogP) is 3.27. The Labute approximate surface area is 154 Å². The van der Waals surface area contributed by atoms with Crippen LogP contribution in [0.1, 0.15) is 24.5 Å². The number of halogens is 1. The Morgan fingerprint density at radius 3 is 2.69 bits per heavy atom. The summed E-state index contributed by atoms with van der Waals surface area (Å²) >= 11 is 6.27. The number of nitrogens with zero attached hydrogens (tertiary/aromatic N) is 3. The lowest BCUT2D eigenvalue weighted by atomic mass is 10.0. The van der Waals surface area contributed by atoms with Crippen LogP contribution in [0.4, 0.5) is 5.95 Å². The van der Waals surface area contributed by atoms with E-state index >= 15 is 0 Å². The number of furan rings is 1. The quantitative estimate of drug-likeness (QED) is 0.738. The highest BCUT2D eigenvalue weighted by atomic mass is 35.5. The molecule has 0 fully saturated rings. The molecule has 132 valence electrons. The molecule has 0 radical (unpaired) electrons. The summed E-state index contributed by atoms with van der Waals surface area (Å²) in [6.07, 6.45) is 0. The van der Waals surface area contributed by atoms with Gasteiger partial charge in [0.1, 0.15) is 17.6 Å². The van der Waals surface area contributed by atoms with Gasteiger partial charge in [-0.2, -0.15) is 4.98 Å². The van der Waals surface area contributed by atoms with Gasteiger partial charge >= 0.3 is 0 Å². The number of aryl methyl sites for hydroxylation is 1. The topological polar surface area (TPSA) is 99.0 Å². The molecule has 1 amide bonds. The summed E-state index contributed by atoms with van der Waals surface area (Å²) < 4.78 is 7.36. The monoisotopic (exact) mass is 369 g/mol. The second-order valence-electron chi connectivity index (χ2n) is 6.06. The highest BCUT2D eigenvalue weighted by molar-refractivity contribution is 6.33. The third-order valence-electron chi connectivity index (χ3n) is 4.26. The molecule has 3 N–H and O–H groups in total. The summed E-state index contributed by atoms with van der Waals surface area (Å²) in [4.78, 5) is 16.6. The molecule has 2 aromatic heterocycles. The highest BCUT2D eigenvalue weighted by Crippen LogP contribution is 2.37. The van der Waals surface area contributed by atoms with Crippen molar-refractivity contribution in [3.05, 3.63) is 64.2 Å². The molecule has 0 unspecified atom stereocenters. The summed E-state index contributed by atoms with van der Waals surface area (Å²) in [5, 5.41) is 8.21. The standard InChI is InChI=1S/C18H16ClN5O2/c1-9-7-8-13(26-9)15-14(16(20)25)10(2)21-18-22-17(23-24(15)18)11-5-3-4-6-12(11)19/h3-8,15H,1-2H3,(H2,20,25)(H,21,22,23)/t15-/m0/s1. The highest BCUT2D eigenvalue weighted by Gasteiger charge is 2.35. The first-order valence-corrected chi connectivity index (χ1v) is 8.39. The maximum absolute atomic E-state index is 12.1. The van der Waals surface area contributed by atoms with Gasteiger partial charge in [0.2, 0.25) is 11.9 Å². The van der Waals surface area contributed by atoms with E-state index in [2.05, 4.69) is 15.4 Å². The number of allylic oxidation sites excluding steroid dienone is 1. The van der Waals surface area contributed by atoms with Crippen LogP contribution in [0.5, 0.6) is 0 Å². The number of nitrogens with one attached hydrogen (secondary N) is 1. The number of benzene rings is 1. The number of carbonyl (C=O) groups excluding carboxylic acids is 1. The molecule has 1 aliphatic heterocycles. The zero-order valence-corrected chi connectivity index (χ0v) is 14.9. The van der Waals surface area contributed by atoms with Gasteiger partial charge in [-0.05, 0) is 38.1 Å². The third kappa shape index (κ3) is 2.57. The zero-order valence-electron chi connectivity index (χ0n) is 14.2. The number of nitrogens with two attached hydrogens (primary N) is 1. The largest absolute Gasteiger partial charge is 0.464 e. The summed E-state index contributed by atoms with van der Waals surface area (Å²) in [5.41, 5.74) is 7.32. The molecule has 3 heterocycles. The van der Waals surface area contributed by atoms with Crippen LogP contribution in [0.3, 0.4) is 0 Å². The number of carbonyl (C=O) groups is 1. The zero-order chi connectivity index (χ0) is 18.4. The molecule has 0 spiro atoms. The fourth-order valence-electron chi connectivity index (χ4n) is 3.09. The van der Waals surface area contributed by atoms with E-state index in [1.807, 2.05) is 37.3 Å². The minimum Gasteiger partial charge on any atom is -0.464 e. The van der Waals surface area contributed by atoms with Crippen LogP contribution in [0.25, 0.3) is 11.4 Å². The van der Waals surface area contributed by atoms with Crippen molar-refractivity contribution in [2.24, 2.45) is 5.73 Å². The second kappa shape index (κ2) is 6.03. The SMILES string of the molecule is CC1=C(C(N)=O)[C@H](c2ccc(C)o2)n2nc(-c3ccccc3Cl)nc2N1. The maximum atomic E-state index is 12.1. The van der Waals surface area contributed by atoms with E-state index in [0.29, 0.717) is 39.4 Å². The molecule has 0 saturated carbocycles. The Hall–Kier alpha value is -3.06. The van der Waals surface area contributed by atoms with Crippen molar-refractivity contribution in [2.45, 2.75) is 19.9 Å². The second-order valence-corrected chi connectivity index (χ2v) is 6.47. The smallest absolute Gasteiger partial charge is 0.249 e. The van der Waals surface area contributed by atoms with Crippen LogP contribution >= 0.6 is 11.6 Å². The number of hydrogen-bond acceptors (Lipinski definition) is 5. The van der Waals surface area contributed by atoms with Crippen molar-refractivity contribution in [2.75, 3.05) is 5.32 Å². The van der Waals surface area contributed by atoms with Crippen LogP contribution in [0.15, 0.2) is 52.1 Å².